The molecule has 0 aromatic heterocycles. The van der Waals surface area contributed by atoms with Gasteiger partial charge in [-0.05, 0) is 80.6 Å². The second-order valence-corrected chi connectivity index (χ2v) is 11.7. The number of ketones is 1. The third kappa shape index (κ3) is 5.09. The highest BCUT2D eigenvalue weighted by molar-refractivity contribution is 5.90. The normalized spacial score (nSPS) is 42.8. The minimum atomic E-state index is -1.26. The first-order valence-corrected chi connectivity index (χ1v) is 13.3. The molecule has 200 valence electrons. The van der Waals surface area contributed by atoms with Gasteiger partial charge in [-0.2, -0.15) is 0 Å². The fourth-order valence-corrected chi connectivity index (χ4v) is 8.03. The summed E-state index contributed by atoms with van der Waals surface area (Å²) in [5, 5.41) is 34.5. The summed E-state index contributed by atoms with van der Waals surface area (Å²) in [4.78, 5) is 37.4. The maximum absolute atomic E-state index is 12.6. The van der Waals surface area contributed by atoms with Crippen LogP contribution in [0.3, 0.4) is 0 Å². The Balaban J connectivity index is 0.000000331. The Kier molecular flexibility index (Phi) is 7.90. The summed E-state index contributed by atoms with van der Waals surface area (Å²) < 4.78 is 0. The number of carboxylic acid groups (broad SMARTS) is 2. The predicted octanol–water partition coefficient (Wildman–Crippen LogP) is 3.02. The van der Waals surface area contributed by atoms with E-state index in [9.17, 15) is 19.5 Å². The zero-order valence-corrected chi connectivity index (χ0v) is 21.3. The van der Waals surface area contributed by atoms with E-state index in [4.69, 9.17) is 15.1 Å². The molecule has 0 spiro atoms. The third-order valence-electron chi connectivity index (χ3n) is 10.00. The number of aliphatic hydroxyl groups is 1. The van der Waals surface area contributed by atoms with Gasteiger partial charge in [0.2, 0.25) is 0 Å². The molecule has 0 amide bonds. The number of Topliss-reactive ketones (excluding diaryl/α,β-unsaturated/α-hetero) is 1. The van der Waals surface area contributed by atoms with Crippen molar-refractivity contribution in [2.24, 2.45) is 39.7 Å². The van der Waals surface area contributed by atoms with Crippen molar-refractivity contribution < 1.29 is 34.5 Å². The summed E-state index contributed by atoms with van der Waals surface area (Å²) in [5.41, 5.74) is 0.973. The van der Waals surface area contributed by atoms with Crippen molar-refractivity contribution in [3.63, 3.8) is 0 Å². The van der Waals surface area contributed by atoms with Crippen molar-refractivity contribution in [1.82, 2.24) is 5.32 Å². The highest BCUT2D eigenvalue weighted by Gasteiger charge is 2.61. The molecule has 0 aromatic rings. The number of oxime groups is 1. The van der Waals surface area contributed by atoms with E-state index in [1.165, 1.54) is 0 Å². The molecule has 0 aromatic carbocycles. The van der Waals surface area contributed by atoms with Gasteiger partial charge in [-0.15, -0.1) is 0 Å². The van der Waals surface area contributed by atoms with Crippen molar-refractivity contribution in [2.75, 3.05) is 13.1 Å². The second-order valence-electron chi connectivity index (χ2n) is 11.7. The SMILES string of the molecule is C[C@]12CC/C(=N\O[C@@H]3CCNC3)[C@@H](O)C1CC[C@@H]1[C@@H]2CC[C@]2(C)C(=O)CC[C@@H]12.O=C(O)/C=C/C(=O)O. The number of hydrogen-bond donors (Lipinski definition) is 4. The molecule has 1 unspecified atom stereocenters. The van der Waals surface area contributed by atoms with Gasteiger partial charge in [-0.3, -0.25) is 4.79 Å². The Hall–Kier alpha value is -2.26. The summed E-state index contributed by atoms with van der Waals surface area (Å²) in [6.45, 7) is 6.52. The number of rotatable bonds is 4. The van der Waals surface area contributed by atoms with Gasteiger partial charge in [0.05, 0.1) is 11.8 Å². The molecule has 4 saturated carbocycles. The van der Waals surface area contributed by atoms with Gasteiger partial charge in [0.1, 0.15) is 11.9 Å². The Labute approximate surface area is 212 Å². The summed E-state index contributed by atoms with van der Waals surface area (Å²) in [6, 6.07) is 0. The molecule has 0 bridgehead atoms. The predicted molar refractivity (Wildman–Crippen MR) is 132 cm³/mol. The number of nitrogens with one attached hydrogen (secondary N) is 1. The van der Waals surface area contributed by atoms with E-state index in [1.807, 2.05) is 0 Å². The largest absolute Gasteiger partial charge is 0.478 e. The minimum Gasteiger partial charge on any atom is -0.478 e. The van der Waals surface area contributed by atoms with Crippen LogP contribution in [-0.2, 0) is 19.2 Å². The van der Waals surface area contributed by atoms with Crippen molar-refractivity contribution in [3.8, 4) is 0 Å². The van der Waals surface area contributed by atoms with Crippen LogP contribution < -0.4 is 5.32 Å². The van der Waals surface area contributed by atoms with E-state index in [0.717, 1.165) is 76.6 Å². The first kappa shape index (κ1) is 26.8. The van der Waals surface area contributed by atoms with Crippen LogP contribution in [0.1, 0.15) is 71.6 Å². The maximum atomic E-state index is 12.6. The summed E-state index contributed by atoms with van der Waals surface area (Å²) in [5.74, 6) is 0.166. The molecule has 1 heterocycles. The second kappa shape index (κ2) is 10.6. The number of aliphatic carboxylic acids is 2. The monoisotopic (exact) mass is 504 g/mol. The first-order chi connectivity index (χ1) is 17.1. The van der Waals surface area contributed by atoms with Crippen molar-refractivity contribution >= 4 is 23.4 Å². The highest BCUT2D eigenvalue weighted by atomic mass is 16.6. The Morgan fingerprint density at radius 2 is 1.69 bits per heavy atom. The molecule has 36 heavy (non-hydrogen) atoms. The lowest BCUT2D eigenvalue weighted by Crippen LogP contribution is -2.57. The Morgan fingerprint density at radius 3 is 2.33 bits per heavy atom. The van der Waals surface area contributed by atoms with Gasteiger partial charge in [-0.25, -0.2) is 9.59 Å². The van der Waals surface area contributed by atoms with Gasteiger partial charge in [0, 0.05) is 37.0 Å². The van der Waals surface area contributed by atoms with Gasteiger partial charge in [-0.1, -0.05) is 19.0 Å². The number of hydrogen-bond acceptors (Lipinski definition) is 7. The molecular formula is C27H40N2O7. The fraction of sp³-hybridized carbons (Fsp3) is 0.778. The molecule has 4 aliphatic carbocycles. The molecule has 0 radical (unpaired) electrons. The average molecular weight is 505 g/mol. The number of carboxylic acids is 2. The molecule has 1 aliphatic heterocycles. The van der Waals surface area contributed by atoms with Crippen molar-refractivity contribution in [3.05, 3.63) is 12.2 Å². The topological polar surface area (TPSA) is 146 Å². The number of nitrogens with zero attached hydrogens (tertiary/aromatic N) is 1. The minimum absolute atomic E-state index is 0.0621. The van der Waals surface area contributed by atoms with Crippen molar-refractivity contribution in [2.45, 2.75) is 83.8 Å². The van der Waals surface area contributed by atoms with Crippen LogP contribution in [0.5, 0.6) is 0 Å². The number of aliphatic hydroxyl groups excluding tert-OH is 1. The molecule has 5 aliphatic rings. The van der Waals surface area contributed by atoms with Crippen LogP contribution in [0.15, 0.2) is 17.3 Å². The molecule has 4 N–H and O–H groups in total. The Morgan fingerprint density at radius 1 is 0.972 bits per heavy atom. The van der Waals surface area contributed by atoms with Gasteiger partial charge < -0.3 is 25.5 Å². The van der Waals surface area contributed by atoms with Crippen LogP contribution in [0.2, 0.25) is 0 Å². The molecule has 8 atom stereocenters. The van der Waals surface area contributed by atoms with Crippen LogP contribution >= 0.6 is 0 Å². The Bertz CT molecular complexity index is 911. The van der Waals surface area contributed by atoms with E-state index in [2.05, 4.69) is 24.3 Å². The van der Waals surface area contributed by atoms with Crippen molar-refractivity contribution in [1.29, 1.82) is 0 Å². The number of fused-ring (bicyclic) bond motifs is 5. The molecule has 9 heteroatoms. The van der Waals surface area contributed by atoms with E-state index in [0.29, 0.717) is 35.7 Å². The third-order valence-corrected chi connectivity index (χ3v) is 10.00. The van der Waals surface area contributed by atoms with E-state index >= 15 is 0 Å². The maximum Gasteiger partial charge on any atom is 0.328 e. The quantitative estimate of drug-likeness (QED) is 0.338. The molecule has 1 saturated heterocycles. The lowest BCUT2D eigenvalue weighted by Gasteiger charge is -2.60. The van der Waals surface area contributed by atoms with Crippen LogP contribution in [-0.4, -0.2) is 64.1 Å². The molecule has 5 fully saturated rings. The molecule has 9 nitrogen and oxygen atoms in total. The standard InChI is InChI=1S/C23H36N2O3.C4H4O4/c1-22-11-8-19(25-28-14-9-12-24-13-14)21(27)18(22)4-3-15-16-5-6-20(26)23(16,2)10-7-17(15)22;5-3(6)1-2-4(7)8/h14-18,21,24,27H,3-13H2,1-2H3;1-2H,(H,5,6)(H,7,8)/b25-19+;2-1+/t14-,15+,16+,17+,18?,21+,22-,23+;/m1./s1. The number of carbonyl (C=O) groups is 3. The average Bonchev–Trinajstić information content (AvgIpc) is 3.45. The lowest BCUT2D eigenvalue weighted by atomic mass is 9.45. The van der Waals surface area contributed by atoms with Crippen LogP contribution in [0.25, 0.3) is 0 Å². The summed E-state index contributed by atoms with van der Waals surface area (Å²) in [7, 11) is 0. The zero-order chi connectivity index (χ0) is 26.1. The molecular weight excluding hydrogens is 464 g/mol. The van der Waals surface area contributed by atoms with Crippen LogP contribution in [0, 0.1) is 34.5 Å². The van der Waals surface area contributed by atoms with E-state index in [1.54, 1.807) is 0 Å². The van der Waals surface area contributed by atoms with Gasteiger partial charge in [0.15, 0.2) is 0 Å². The highest BCUT2D eigenvalue weighted by Crippen LogP contribution is 2.65. The van der Waals surface area contributed by atoms with Crippen LogP contribution in [0.4, 0.5) is 0 Å². The summed E-state index contributed by atoms with van der Waals surface area (Å²) in [6.07, 6.45) is 10.0. The summed E-state index contributed by atoms with van der Waals surface area (Å²) >= 11 is 0. The smallest absolute Gasteiger partial charge is 0.328 e. The number of carbonyl (C=O) groups excluding carboxylic acids is 1. The molecule has 5 rings (SSSR count). The van der Waals surface area contributed by atoms with Gasteiger partial charge in [0.25, 0.3) is 0 Å². The first-order valence-electron chi connectivity index (χ1n) is 13.3. The fourth-order valence-electron chi connectivity index (χ4n) is 8.03. The van der Waals surface area contributed by atoms with E-state index < -0.39 is 18.0 Å². The van der Waals surface area contributed by atoms with E-state index in [-0.39, 0.29) is 22.9 Å². The zero-order valence-electron chi connectivity index (χ0n) is 21.3. The lowest BCUT2D eigenvalue weighted by molar-refractivity contribution is -0.141. The van der Waals surface area contributed by atoms with Gasteiger partial charge >= 0.3 is 11.9 Å².